The SMILES string of the molecule is CC1(C)c2ccc(-c3ccc(-c4cc(-c5ccc6c(c5)C(c5ccccc5)(c5ccccc5)c5ccccc5-6)nc(-c5ccccc5)n4)c4ccccc34)cc2-c2c1ccc1ccccc21. The molecule has 0 spiro atoms. The van der Waals surface area contributed by atoms with E-state index in [-0.39, 0.29) is 5.41 Å². The molecule has 2 aliphatic carbocycles. The number of rotatable bonds is 6. The van der Waals surface area contributed by atoms with Gasteiger partial charge in [-0.15, -0.1) is 0 Å². The van der Waals surface area contributed by atoms with Crippen molar-refractivity contribution in [2.45, 2.75) is 24.7 Å². The molecule has 2 nitrogen and oxygen atoms in total. The van der Waals surface area contributed by atoms with Crippen LogP contribution in [-0.2, 0) is 10.8 Å². The van der Waals surface area contributed by atoms with Crippen LogP contribution in [0, 0.1) is 0 Å². The quantitative estimate of drug-likeness (QED) is 0.167. The molecule has 66 heavy (non-hydrogen) atoms. The summed E-state index contributed by atoms with van der Waals surface area (Å²) in [6, 6.07) is 84.4. The number of aromatic nitrogens is 2. The third kappa shape index (κ3) is 5.61. The van der Waals surface area contributed by atoms with Gasteiger partial charge in [-0.05, 0) is 107 Å². The van der Waals surface area contributed by atoms with Crippen LogP contribution in [0.1, 0.15) is 47.2 Å². The summed E-state index contributed by atoms with van der Waals surface area (Å²) in [5, 5.41) is 4.93. The summed E-state index contributed by atoms with van der Waals surface area (Å²) in [5.41, 5.74) is 19.7. The fraction of sp³-hybridized carbons (Fsp3) is 0.0625. The van der Waals surface area contributed by atoms with E-state index >= 15 is 0 Å². The Balaban J connectivity index is 0.997. The largest absolute Gasteiger partial charge is 0.228 e. The van der Waals surface area contributed by atoms with E-state index in [0.717, 1.165) is 33.5 Å². The topological polar surface area (TPSA) is 25.8 Å². The molecular formula is C64H44N2. The standard InChI is InChI=1S/C64H44N2/c1-63(2)55-36-32-43(38-54(55)61-48-25-13-12-18-41(48)31-37-57(61)63)47-34-35-53(50-27-15-14-26-49(47)50)60-40-59(65-62(66-60)42-19-6-3-7-20-42)44-30-33-52-51-28-16-17-29-56(51)64(58(52)39-44,45-21-8-4-9-22-45)46-23-10-5-11-24-46/h3-40H,1-2H3. The third-order valence-corrected chi connectivity index (χ3v) is 14.6. The van der Waals surface area contributed by atoms with Gasteiger partial charge in [0, 0.05) is 22.1 Å². The maximum absolute atomic E-state index is 5.39. The van der Waals surface area contributed by atoms with Crippen LogP contribution in [0.5, 0.6) is 0 Å². The molecule has 0 N–H and O–H groups in total. The Hall–Kier alpha value is -8.20. The van der Waals surface area contributed by atoms with Crippen LogP contribution in [0.15, 0.2) is 231 Å². The molecule has 310 valence electrons. The van der Waals surface area contributed by atoms with Crippen molar-refractivity contribution < 1.29 is 0 Å². The minimum Gasteiger partial charge on any atom is -0.228 e. The van der Waals surface area contributed by atoms with Gasteiger partial charge in [0.15, 0.2) is 5.82 Å². The van der Waals surface area contributed by atoms with Gasteiger partial charge in [-0.1, -0.05) is 226 Å². The summed E-state index contributed by atoms with van der Waals surface area (Å²) in [4.78, 5) is 10.8. The second-order valence-electron chi connectivity index (χ2n) is 18.4. The Labute approximate surface area is 385 Å². The summed E-state index contributed by atoms with van der Waals surface area (Å²) < 4.78 is 0. The van der Waals surface area contributed by atoms with E-state index in [1.54, 1.807) is 0 Å². The smallest absolute Gasteiger partial charge is 0.160 e. The van der Waals surface area contributed by atoms with Gasteiger partial charge in [0.2, 0.25) is 0 Å². The molecule has 2 heteroatoms. The Kier molecular flexibility index (Phi) is 8.51. The van der Waals surface area contributed by atoms with Crippen molar-refractivity contribution in [3.63, 3.8) is 0 Å². The monoisotopic (exact) mass is 840 g/mol. The molecule has 0 atom stereocenters. The van der Waals surface area contributed by atoms with E-state index in [0.29, 0.717) is 5.82 Å². The molecule has 1 heterocycles. The van der Waals surface area contributed by atoms with Crippen LogP contribution in [0.25, 0.3) is 88.8 Å². The molecular weight excluding hydrogens is 797 g/mol. The zero-order chi connectivity index (χ0) is 44.0. The van der Waals surface area contributed by atoms with Crippen LogP contribution in [0.3, 0.4) is 0 Å². The minimum absolute atomic E-state index is 0.0895. The summed E-state index contributed by atoms with van der Waals surface area (Å²) in [6.45, 7) is 4.72. The lowest BCUT2D eigenvalue weighted by Crippen LogP contribution is -2.28. The van der Waals surface area contributed by atoms with Gasteiger partial charge < -0.3 is 0 Å². The second kappa shape index (κ2) is 14.7. The van der Waals surface area contributed by atoms with Gasteiger partial charge in [0.25, 0.3) is 0 Å². The second-order valence-corrected chi connectivity index (χ2v) is 18.4. The van der Waals surface area contributed by atoms with Gasteiger partial charge in [-0.3, -0.25) is 0 Å². The zero-order valence-electron chi connectivity index (χ0n) is 36.8. The van der Waals surface area contributed by atoms with Crippen molar-refractivity contribution in [3.05, 3.63) is 264 Å². The van der Waals surface area contributed by atoms with Crippen molar-refractivity contribution in [2.75, 3.05) is 0 Å². The predicted octanol–water partition coefficient (Wildman–Crippen LogP) is 16.1. The highest BCUT2D eigenvalue weighted by Gasteiger charge is 2.46. The fourth-order valence-corrected chi connectivity index (χ4v) is 11.5. The summed E-state index contributed by atoms with van der Waals surface area (Å²) in [6.07, 6.45) is 0. The van der Waals surface area contributed by atoms with E-state index in [4.69, 9.17) is 9.97 Å². The zero-order valence-corrected chi connectivity index (χ0v) is 36.8. The van der Waals surface area contributed by atoms with Crippen molar-refractivity contribution in [3.8, 4) is 67.3 Å². The average Bonchev–Trinajstić information content (AvgIpc) is 3.81. The van der Waals surface area contributed by atoms with Gasteiger partial charge in [-0.2, -0.15) is 0 Å². The first kappa shape index (κ1) is 38.3. The fourth-order valence-electron chi connectivity index (χ4n) is 11.5. The Morgan fingerprint density at radius 3 is 1.64 bits per heavy atom. The van der Waals surface area contributed by atoms with Gasteiger partial charge in [0.1, 0.15) is 0 Å². The van der Waals surface area contributed by atoms with Crippen molar-refractivity contribution in [1.82, 2.24) is 9.97 Å². The molecule has 0 unspecified atom stereocenters. The molecule has 0 saturated carbocycles. The Bertz CT molecular complexity index is 3680. The van der Waals surface area contributed by atoms with Gasteiger partial charge in [-0.25, -0.2) is 9.97 Å². The molecule has 10 aromatic carbocycles. The molecule has 1 aromatic heterocycles. The molecule has 0 fully saturated rings. The van der Waals surface area contributed by atoms with Crippen LogP contribution in [0.4, 0.5) is 0 Å². The highest BCUT2D eigenvalue weighted by molar-refractivity contribution is 6.07. The normalized spacial score (nSPS) is 13.8. The Morgan fingerprint density at radius 2 is 0.879 bits per heavy atom. The summed E-state index contributed by atoms with van der Waals surface area (Å²) in [7, 11) is 0. The summed E-state index contributed by atoms with van der Waals surface area (Å²) in [5.74, 6) is 0.699. The lowest BCUT2D eigenvalue weighted by atomic mass is 9.67. The number of hydrogen-bond acceptors (Lipinski definition) is 2. The number of fused-ring (bicyclic) bond motifs is 9. The first-order valence-electron chi connectivity index (χ1n) is 23.0. The molecule has 0 amide bonds. The lowest BCUT2D eigenvalue weighted by molar-refractivity contribution is 0.661. The van der Waals surface area contributed by atoms with Crippen molar-refractivity contribution in [1.29, 1.82) is 0 Å². The maximum Gasteiger partial charge on any atom is 0.160 e. The first-order chi connectivity index (χ1) is 32.5. The van der Waals surface area contributed by atoms with Gasteiger partial charge >= 0.3 is 0 Å². The van der Waals surface area contributed by atoms with E-state index in [1.807, 2.05) is 6.07 Å². The lowest BCUT2D eigenvalue weighted by Gasteiger charge is -2.34. The highest BCUT2D eigenvalue weighted by atomic mass is 14.9. The number of nitrogens with zero attached hydrogens (tertiary/aromatic N) is 2. The highest BCUT2D eigenvalue weighted by Crippen LogP contribution is 2.57. The van der Waals surface area contributed by atoms with E-state index in [9.17, 15) is 0 Å². The third-order valence-electron chi connectivity index (χ3n) is 14.6. The molecule has 11 aromatic rings. The van der Waals surface area contributed by atoms with Gasteiger partial charge in [0.05, 0.1) is 16.8 Å². The van der Waals surface area contributed by atoms with Crippen LogP contribution < -0.4 is 0 Å². The number of hydrogen-bond donors (Lipinski definition) is 0. The minimum atomic E-state index is -0.517. The maximum atomic E-state index is 5.39. The molecule has 0 aliphatic heterocycles. The van der Waals surface area contributed by atoms with Crippen LogP contribution >= 0.6 is 0 Å². The van der Waals surface area contributed by atoms with E-state index < -0.39 is 5.41 Å². The molecule has 2 aliphatic rings. The Morgan fingerprint density at radius 1 is 0.318 bits per heavy atom. The molecule has 13 rings (SSSR count). The average molecular weight is 841 g/mol. The predicted molar refractivity (Wildman–Crippen MR) is 274 cm³/mol. The van der Waals surface area contributed by atoms with E-state index in [2.05, 4.69) is 238 Å². The van der Waals surface area contributed by atoms with Crippen molar-refractivity contribution in [2.24, 2.45) is 0 Å². The van der Waals surface area contributed by atoms with Crippen LogP contribution in [-0.4, -0.2) is 9.97 Å². The molecule has 0 radical (unpaired) electrons. The number of benzene rings is 10. The first-order valence-corrected chi connectivity index (χ1v) is 23.0. The molecule has 0 bridgehead atoms. The molecule has 0 saturated heterocycles. The van der Waals surface area contributed by atoms with Crippen molar-refractivity contribution >= 4 is 21.5 Å². The summed E-state index contributed by atoms with van der Waals surface area (Å²) >= 11 is 0. The van der Waals surface area contributed by atoms with E-state index in [1.165, 1.54) is 82.9 Å². The van der Waals surface area contributed by atoms with Crippen LogP contribution in [0.2, 0.25) is 0 Å².